The molecule has 6 heteroatoms. The lowest BCUT2D eigenvalue weighted by Gasteiger charge is -2.37. The first-order chi connectivity index (χ1) is 19.5. The van der Waals surface area contributed by atoms with Crippen LogP contribution in [0.25, 0.3) is 0 Å². The van der Waals surface area contributed by atoms with E-state index in [1.165, 1.54) is 123 Å². The lowest BCUT2D eigenvalue weighted by Crippen LogP contribution is -2.44. The molecule has 4 nitrogen and oxygen atoms in total. The van der Waals surface area contributed by atoms with E-state index in [9.17, 15) is 0 Å². The van der Waals surface area contributed by atoms with Gasteiger partial charge in [-0.05, 0) is 119 Å². The minimum atomic E-state index is 0.0832. The van der Waals surface area contributed by atoms with Crippen LogP contribution in [0.15, 0.2) is 45.3 Å². The van der Waals surface area contributed by atoms with Gasteiger partial charge in [0.15, 0.2) is 0 Å². The summed E-state index contributed by atoms with van der Waals surface area (Å²) in [5.41, 5.74) is 2.95. The van der Waals surface area contributed by atoms with Crippen molar-refractivity contribution in [1.82, 2.24) is 9.80 Å². The van der Waals surface area contributed by atoms with Crippen LogP contribution >= 0.6 is 31.9 Å². The Kier molecular flexibility index (Phi) is 8.00. The van der Waals surface area contributed by atoms with E-state index in [1.807, 2.05) is 0 Å². The van der Waals surface area contributed by atoms with Crippen molar-refractivity contribution in [3.63, 3.8) is 0 Å². The third-order valence-electron chi connectivity index (χ3n) is 10.7. The Morgan fingerprint density at radius 2 is 1.20 bits per heavy atom. The van der Waals surface area contributed by atoms with Gasteiger partial charge < -0.3 is 19.3 Å². The molecule has 6 heterocycles. The fraction of sp³-hybridized carbons (Fsp3) is 0.647. The topological polar surface area (TPSA) is 24.9 Å². The van der Waals surface area contributed by atoms with E-state index in [-0.39, 0.29) is 11.2 Å². The average Bonchev–Trinajstić information content (AvgIpc) is 3.35. The number of piperidine rings is 2. The third kappa shape index (κ3) is 5.76. The van der Waals surface area contributed by atoms with Crippen LogP contribution < -0.4 is 9.47 Å². The van der Waals surface area contributed by atoms with Gasteiger partial charge in [0, 0.05) is 53.3 Å². The molecule has 0 aliphatic carbocycles. The number of hydrogen-bond acceptors (Lipinski definition) is 4. The summed E-state index contributed by atoms with van der Waals surface area (Å²) in [6, 6.07) is 14.5. The van der Waals surface area contributed by atoms with Gasteiger partial charge in [0.25, 0.3) is 0 Å². The van der Waals surface area contributed by atoms with E-state index in [1.54, 1.807) is 0 Å². The molecule has 2 aromatic rings. The molecule has 4 atom stereocenters. The first kappa shape index (κ1) is 27.7. The van der Waals surface area contributed by atoms with Gasteiger partial charge in [-0.1, -0.05) is 44.7 Å². The minimum absolute atomic E-state index is 0.0832. The van der Waals surface area contributed by atoms with Crippen molar-refractivity contribution >= 4 is 31.9 Å². The van der Waals surface area contributed by atoms with Gasteiger partial charge in [-0.15, -0.1) is 0 Å². The summed E-state index contributed by atoms with van der Waals surface area (Å²) in [6.45, 7) is 5.11. The first-order valence-electron chi connectivity index (χ1n) is 15.9. The third-order valence-corrected chi connectivity index (χ3v) is 11.7. The Morgan fingerprint density at radius 1 is 0.600 bits per heavy atom. The number of rotatable bonds is 0. The number of hydrogen-bond donors (Lipinski definition) is 0. The van der Waals surface area contributed by atoms with E-state index in [2.05, 4.69) is 78.1 Å². The molecule has 4 saturated heterocycles. The van der Waals surface area contributed by atoms with Gasteiger partial charge in [-0.3, -0.25) is 0 Å². The highest BCUT2D eigenvalue weighted by Crippen LogP contribution is 2.45. The Balaban J connectivity index is 0.000000132. The molecule has 0 saturated carbocycles. The highest BCUT2D eigenvalue weighted by Gasteiger charge is 2.45. The molecule has 2 aromatic carbocycles. The summed E-state index contributed by atoms with van der Waals surface area (Å²) in [7, 11) is 0. The molecule has 0 N–H and O–H groups in total. The normalized spacial score (nSPS) is 33.4. The molecular formula is C34H44Br2N2O2. The van der Waals surface area contributed by atoms with Crippen LogP contribution in [0.2, 0.25) is 0 Å². The van der Waals surface area contributed by atoms with E-state index in [0.717, 1.165) is 36.4 Å². The molecule has 0 radical (unpaired) electrons. The molecular weight excluding hydrogens is 628 g/mol. The number of ether oxygens (including phenoxy) is 2. The zero-order valence-corrected chi connectivity index (χ0v) is 27.0. The predicted molar refractivity (Wildman–Crippen MR) is 169 cm³/mol. The lowest BCUT2D eigenvalue weighted by molar-refractivity contribution is 0.0496. The molecule has 4 unspecified atom stereocenters. The van der Waals surface area contributed by atoms with Crippen LogP contribution in [-0.2, 0) is 12.8 Å². The smallest absolute Gasteiger partial charge is 0.123 e. The summed E-state index contributed by atoms with van der Waals surface area (Å²) in [5.74, 6) is 2.24. The molecule has 0 bridgehead atoms. The van der Waals surface area contributed by atoms with Crippen LogP contribution in [0.4, 0.5) is 0 Å². The maximum atomic E-state index is 6.47. The van der Waals surface area contributed by atoms with Crippen molar-refractivity contribution in [1.29, 1.82) is 0 Å². The van der Waals surface area contributed by atoms with E-state index in [4.69, 9.17) is 9.47 Å². The number of halogens is 2. The maximum absolute atomic E-state index is 6.47. The molecule has 2 spiro atoms. The van der Waals surface area contributed by atoms with Crippen LogP contribution in [0.1, 0.15) is 88.2 Å². The second kappa shape index (κ2) is 11.5. The number of nitrogens with zero attached hydrogens (tertiary/aromatic N) is 2. The molecule has 6 aliphatic rings. The number of fused-ring (bicyclic) bond motifs is 4. The van der Waals surface area contributed by atoms with Crippen LogP contribution in [0.5, 0.6) is 11.5 Å². The standard InChI is InChI=1S/2C17H22BrNO/c18-14-5-6-16-13(10-14)11-17(20-16)7-3-9-19-8-2-1-4-15(19)12-17;18-14-4-5-16-13(11-14)12-17(20-16)7-6-15-3-1-2-9-19(15)10-8-17/h5-6,10,15H,1-4,7-9,11-12H2;4-5,11,15H,1-3,6-10,12H2. The highest BCUT2D eigenvalue weighted by atomic mass is 79.9. The summed E-state index contributed by atoms with van der Waals surface area (Å²) >= 11 is 7.16. The monoisotopic (exact) mass is 670 g/mol. The Labute approximate surface area is 257 Å². The van der Waals surface area contributed by atoms with Crippen molar-refractivity contribution in [3.8, 4) is 11.5 Å². The van der Waals surface area contributed by atoms with Crippen LogP contribution in [0.3, 0.4) is 0 Å². The molecule has 4 fully saturated rings. The number of benzene rings is 2. The fourth-order valence-corrected chi connectivity index (χ4v) is 9.46. The SMILES string of the molecule is Brc1ccc2c(c1)CC1(CCC3CCCCN3CC1)O2.Brc1ccc2c(c1)CC1(CCCN3CCCCC3C1)O2. The second-order valence-electron chi connectivity index (χ2n) is 13.4. The molecule has 40 heavy (non-hydrogen) atoms. The Morgan fingerprint density at radius 3 is 1.93 bits per heavy atom. The van der Waals surface area contributed by atoms with E-state index >= 15 is 0 Å². The van der Waals surface area contributed by atoms with Gasteiger partial charge in [0.05, 0.1) is 0 Å². The first-order valence-corrected chi connectivity index (χ1v) is 17.5. The van der Waals surface area contributed by atoms with Crippen molar-refractivity contribution in [3.05, 3.63) is 56.5 Å². The summed E-state index contributed by atoms with van der Waals surface area (Å²) in [5, 5.41) is 0. The molecule has 8 rings (SSSR count). The van der Waals surface area contributed by atoms with Gasteiger partial charge in [0.1, 0.15) is 22.7 Å². The quantitative estimate of drug-likeness (QED) is 0.281. The van der Waals surface area contributed by atoms with E-state index in [0.29, 0.717) is 0 Å². The van der Waals surface area contributed by atoms with Crippen molar-refractivity contribution in [2.24, 2.45) is 0 Å². The van der Waals surface area contributed by atoms with Crippen LogP contribution in [-0.4, -0.2) is 59.3 Å². The summed E-state index contributed by atoms with van der Waals surface area (Å²) < 4.78 is 15.2. The fourth-order valence-electron chi connectivity index (χ4n) is 8.64. The minimum Gasteiger partial charge on any atom is -0.487 e. The maximum Gasteiger partial charge on any atom is 0.123 e. The van der Waals surface area contributed by atoms with Crippen molar-refractivity contribution in [2.45, 2.75) is 113 Å². The Bertz CT molecular complexity index is 1200. The Hall–Kier alpha value is -1.08. The molecule has 6 aliphatic heterocycles. The lowest BCUT2D eigenvalue weighted by atomic mass is 9.85. The summed E-state index contributed by atoms with van der Waals surface area (Å²) in [6.07, 6.45) is 18.0. The van der Waals surface area contributed by atoms with Gasteiger partial charge in [-0.25, -0.2) is 0 Å². The summed E-state index contributed by atoms with van der Waals surface area (Å²) in [4.78, 5) is 5.45. The van der Waals surface area contributed by atoms with Gasteiger partial charge >= 0.3 is 0 Å². The van der Waals surface area contributed by atoms with Gasteiger partial charge in [0.2, 0.25) is 0 Å². The molecule has 0 amide bonds. The van der Waals surface area contributed by atoms with Crippen molar-refractivity contribution in [2.75, 3.05) is 26.2 Å². The largest absolute Gasteiger partial charge is 0.487 e. The predicted octanol–water partition coefficient (Wildman–Crippen LogP) is 8.32. The second-order valence-corrected chi connectivity index (χ2v) is 15.2. The zero-order valence-electron chi connectivity index (χ0n) is 23.8. The zero-order chi connectivity index (χ0) is 27.2. The van der Waals surface area contributed by atoms with Crippen LogP contribution in [0, 0.1) is 0 Å². The highest BCUT2D eigenvalue weighted by molar-refractivity contribution is 9.10. The van der Waals surface area contributed by atoms with E-state index < -0.39 is 0 Å². The average molecular weight is 673 g/mol. The molecule has 216 valence electrons. The van der Waals surface area contributed by atoms with Crippen molar-refractivity contribution < 1.29 is 9.47 Å². The van der Waals surface area contributed by atoms with Gasteiger partial charge in [-0.2, -0.15) is 0 Å². The molecule has 0 aromatic heterocycles.